The Morgan fingerprint density at radius 3 is 2.21 bits per heavy atom. The first kappa shape index (κ1) is 14.7. The van der Waals surface area contributed by atoms with Crippen LogP contribution >= 0.6 is 11.6 Å². The average Bonchev–Trinajstić information content (AvgIpc) is 2.16. The van der Waals surface area contributed by atoms with Crippen LogP contribution in [0.4, 0.5) is 0 Å². The summed E-state index contributed by atoms with van der Waals surface area (Å²) in [4.78, 5) is 0. The number of halogens is 2. The first-order chi connectivity index (χ1) is 6.17. The zero-order valence-electron chi connectivity index (χ0n) is 9.44. The third-order valence-corrected chi connectivity index (χ3v) is 3.70. The molecule has 0 bridgehead atoms. The molecule has 1 aliphatic carbocycles. The maximum absolute atomic E-state index is 5.74. The minimum Gasteiger partial charge on any atom is -1.00 e. The Labute approximate surface area is 104 Å². The summed E-state index contributed by atoms with van der Waals surface area (Å²) in [7, 11) is 4.73. The number of quaternary nitrogens is 1. The van der Waals surface area contributed by atoms with Gasteiger partial charge in [0.2, 0.25) is 0 Å². The largest absolute Gasteiger partial charge is 1.00 e. The quantitative estimate of drug-likeness (QED) is 0.505. The summed E-state index contributed by atoms with van der Waals surface area (Å²) < 4.78 is 1.19. The summed E-state index contributed by atoms with van der Waals surface area (Å²) in [5, 5.41) is 0. The Balaban J connectivity index is 0.00000169. The van der Waals surface area contributed by atoms with Gasteiger partial charge in [-0.3, -0.25) is 0 Å². The smallest absolute Gasteiger partial charge is 0.0886 e. The summed E-state index contributed by atoms with van der Waals surface area (Å²) in [5.41, 5.74) is 0. The Morgan fingerprint density at radius 2 is 1.71 bits per heavy atom. The normalized spacial score (nSPS) is 19.1. The van der Waals surface area contributed by atoms with Crippen LogP contribution in [0, 0.1) is 0 Å². The lowest BCUT2D eigenvalue weighted by Gasteiger charge is -2.40. The van der Waals surface area contributed by atoms with Gasteiger partial charge in [0.25, 0.3) is 0 Å². The van der Waals surface area contributed by atoms with Crippen molar-refractivity contribution in [3.8, 4) is 0 Å². The predicted octanol–water partition coefficient (Wildman–Crippen LogP) is 0.0284. The van der Waals surface area contributed by atoms with Crippen LogP contribution in [0.15, 0.2) is 0 Å². The van der Waals surface area contributed by atoms with Gasteiger partial charge in [0.1, 0.15) is 0 Å². The fourth-order valence-electron chi connectivity index (χ4n) is 2.43. The van der Waals surface area contributed by atoms with Gasteiger partial charge in [-0.2, -0.15) is 0 Å². The molecular weight excluding hydrogens is 261 g/mol. The van der Waals surface area contributed by atoms with E-state index in [2.05, 4.69) is 14.1 Å². The molecule has 86 valence electrons. The Morgan fingerprint density at radius 1 is 1.14 bits per heavy atom. The molecule has 0 N–H and O–H groups in total. The van der Waals surface area contributed by atoms with Gasteiger partial charge in [0, 0.05) is 12.3 Å². The van der Waals surface area contributed by atoms with E-state index in [1.807, 2.05) is 0 Å². The lowest BCUT2D eigenvalue weighted by atomic mass is 9.93. The summed E-state index contributed by atoms with van der Waals surface area (Å²) in [6.45, 7) is 1.24. The van der Waals surface area contributed by atoms with Gasteiger partial charge in [-0.1, -0.05) is 6.42 Å². The van der Waals surface area contributed by atoms with Gasteiger partial charge < -0.3 is 21.5 Å². The van der Waals surface area contributed by atoms with Gasteiger partial charge in [0.05, 0.1) is 26.7 Å². The SMILES string of the molecule is C[N+](C)(CCCCl)C1CCCCC1.[Br-]. The summed E-state index contributed by atoms with van der Waals surface area (Å²) in [6.07, 6.45) is 8.34. The van der Waals surface area contributed by atoms with E-state index in [0.717, 1.165) is 18.3 Å². The van der Waals surface area contributed by atoms with Crippen LogP contribution in [-0.2, 0) is 0 Å². The Bertz CT molecular complexity index is 144. The molecule has 0 saturated heterocycles. The van der Waals surface area contributed by atoms with E-state index in [-0.39, 0.29) is 17.0 Å². The fourth-order valence-corrected chi connectivity index (χ4v) is 2.55. The topological polar surface area (TPSA) is 0 Å². The molecule has 0 aromatic carbocycles. The number of hydrogen-bond donors (Lipinski definition) is 0. The minimum absolute atomic E-state index is 0. The third-order valence-electron chi connectivity index (χ3n) is 3.43. The van der Waals surface area contributed by atoms with Crippen LogP contribution in [0.1, 0.15) is 38.5 Å². The fraction of sp³-hybridized carbons (Fsp3) is 1.00. The second kappa shape index (κ2) is 7.08. The van der Waals surface area contributed by atoms with Crippen LogP contribution in [0.5, 0.6) is 0 Å². The van der Waals surface area contributed by atoms with E-state index < -0.39 is 0 Å². The zero-order chi connectivity index (χ0) is 9.73. The average molecular weight is 285 g/mol. The van der Waals surface area contributed by atoms with E-state index in [9.17, 15) is 0 Å². The number of rotatable bonds is 4. The third kappa shape index (κ3) is 4.50. The summed E-state index contributed by atoms with van der Waals surface area (Å²) in [6, 6.07) is 0.900. The first-order valence-electron chi connectivity index (χ1n) is 5.55. The van der Waals surface area contributed by atoms with Gasteiger partial charge in [-0.05, 0) is 25.7 Å². The van der Waals surface area contributed by atoms with Gasteiger partial charge >= 0.3 is 0 Å². The molecule has 0 aromatic heterocycles. The molecule has 0 heterocycles. The van der Waals surface area contributed by atoms with Crippen LogP contribution < -0.4 is 17.0 Å². The van der Waals surface area contributed by atoms with Crippen LogP contribution in [0.25, 0.3) is 0 Å². The summed E-state index contributed by atoms with van der Waals surface area (Å²) in [5.74, 6) is 0.814. The van der Waals surface area contributed by atoms with Crippen molar-refractivity contribution in [3.63, 3.8) is 0 Å². The Hall–Kier alpha value is 0.730. The standard InChI is InChI=1S/C11H23ClN.BrH/c1-13(2,10-6-9-12)11-7-4-3-5-8-11;/h11H,3-10H2,1-2H3;1H/q+1;/p-1. The molecule has 0 aliphatic heterocycles. The Kier molecular flexibility index (Phi) is 7.45. The lowest BCUT2D eigenvalue weighted by Crippen LogP contribution is -3.00. The number of alkyl halides is 1. The van der Waals surface area contributed by atoms with Crippen molar-refractivity contribution in [2.24, 2.45) is 0 Å². The minimum atomic E-state index is 0. The van der Waals surface area contributed by atoms with Crippen molar-refractivity contribution in [1.82, 2.24) is 0 Å². The molecule has 0 radical (unpaired) electrons. The molecular formula is C11H23BrClN. The number of nitrogens with zero attached hydrogens (tertiary/aromatic N) is 1. The molecule has 1 rings (SSSR count). The van der Waals surface area contributed by atoms with Crippen LogP contribution in [0.3, 0.4) is 0 Å². The van der Waals surface area contributed by atoms with Crippen LogP contribution in [0.2, 0.25) is 0 Å². The highest BCUT2D eigenvalue weighted by Gasteiger charge is 2.28. The van der Waals surface area contributed by atoms with Gasteiger partial charge in [0.15, 0.2) is 0 Å². The highest BCUT2D eigenvalue weighted by atomic mass is 79.9. The summed E-state index contributed by atoms with van der Waals surface area (Å²) >= 11 is 5.74. The van der Waals surface area contributed by atoms with E-state index >= 15 is 0 Å². The van der Waals surface area contributed by atoms with E-state index in [1.165, 1.54) is 43.1 Å². The second-order valence-electron chi connectivity index (χ2n) is 4.84. The van der Waals surface area contributed by atoms with Crippen molar-refractivity contribution in [2.75, 3.05) is 26.5 Å². The zero-order valence-corrected chi connectivity index (χ0v) is 11.8. The monoisotopic (exact) mass is 283 g/mol. The van der Waals surface area contributed by atoms with Crippen molar-refractivity contribution in [1.29, 1.82) is 0 Å². The molecule has 0 atom stereocenters. The van der Waals surface area contributed by atoms with Crippen molar-refractivity contribution in [3.05, 3.63) is 0 Å². The number of hydrogen-bond acceptors (Lipinski definition) is 0. The molecule has 14 heavy (non-hydrogen) atoms. The van der Waals surface area contributed by atoms with Gasteiger partial charge in [-0.25, -0.2) is 0 Å². The molecule has 0 aromatic rings. The predicted molar refractivity (Wildman–Crippen MR) is 59.2 cm³/mol. The van der Waals surface area contributed by atoms with E-state index in [0.29, 0.717) is 0 Å². The molecule has 1 fully saturated rings. The first-order valence-corrected chi connectivity index (χ1v) is 6.09. The molecule has 0 spiro atoms. The molecule has 0 amide bonds. The van der Waals surface area contributed by atoms with Gasteiger partial charge in [-0.15, -0.1) is 11.6 Å². The highest BCUT2D eigenvalue weighted by molar-refractivity contribution is 6.17. The van der Waals surface area contributed by atoms with Crippen molar-refractivity contribution >= 4 is 11.6 Å². The maximum atomic E-state index is 5.74. The molecule has 3 heteroatoms. The molecule has 0 unspecified atom stereocenters. The molecule has 1 saturated carbocycles. The highest BCUT2D eigenvalue weighted by Crippen LogP contribution is 2.25. The van der Waals surface area contributed by atoms with E-state index in [4.69, 9.17) is 11.6 Å². The second-order valence-corrected chi connectivity index (χ2v) is 5.21. The molecule has 1 nitrogen and oxygen atoms in total. The maximum Gasteiger partial charge on any atom is 0.0886 e. The van der Waals surface area contributed by atoms with Crippen molar-refractivity contribution < 1.29 is 21.5 Å². The van der Waals surface area contributed by atoms with Crippen LogP contribution in [-0.4, -0.2) is 37.0 Å². The molecule has 1 aliphatic rings. The van der Waals surface area contributed by atoms with Crippen molar-refractivity contribution in [2.45, 2.75) is 44.6 Å². The lowest BCUT2D eigenvalue weighted by molar-refractivity contribution is -0.916. The van der Waals surface area contributed by atoms with E-state index in [1.54, 1.807) is 0 Å².